The summed E-state index contributed by atoms with van der Waals surface area (Å²) in [7, 11) is 4.37. The molecule has 6 heteroatoms. The maximum absolute atomic E-state index is 13.0. The minimum absolute atomic E-state index is 0.0112. The summed E-state index contributed by atoms with van der Waals surface area (Å²) in [4.78, 5) is 23.9. The molecule has 1 amide bonds. The lowest BCUT2D eigenvalue weighted by atomic mass is 9.83. The van der Waals surface area contributed by atoms with E-state index in [1.165, 1.54) is 0 Å². The third-order valence-electron chi connectivity index (χ3n) is 6.15. The van der Waals surface area contributed by atoms with Crippen molar-refractivity contribution >= 4 is 16.8 Å². The maximum atomic E-state index is 13.0. The first kappa shape index (κ1) is 17.2. The van der Waals surface area contributed by atoms with Crippen LogP contribution >= 0.6 is 0 Å². The molecule has 2 aliphatic heterocycles. The zero-order valence-corrected chi connectivity index (χ0v) is 15.5. The predicted octanol–water partition coefficient (Wildman–Crippen LogP) is 1.79. The number of phenolic OH excluding ortho intramolecular Hbond substituents is 1. The van der Waals surface area contributed by atoms with Crippen molar-refractivity contribution in [3.05, 3.63) is 36.0 Å². The smallest absolute Gasteiger partial charge is 0.257 e. The van der Waals surface area contributed by atoms with Gasteiger partial charge in [0, 0.05) is 49.8 Å². The fourth-order valence-electron chi connectivity index (χ4n) is 4.40. The molecule has 2 aromatic rings. The number of likely N-dealkylation sites (N-methyl/N-ethyl adjacent to an activating group) is 2. The Bertz CT molecular complexity index is 830. The number of aromatic hydroxyl groups is 1. The number of hydrogen-bond donors (Lipinski definition) is 1. The highest BCUT2D eigenvalue weighted by Gasteiger charge is 2.42. The van der Waals surface area contributed by atoms with Crippen molar-refractivity contribution in [1.82, 2.24) is 19.7 Å². The van der Waals surface area contributed by atoms with Crippen molar-refractivity contribution < 1.29 is 9.90 Å². The Morgan fingerprint density at radius 3 is 2.65 bits per heavy atom. The number of likely N-dealkylation sites (tertiary alicyclic amines) is 1. The van der Waals surface area contributed by atoms with Gasteiger partial charge in [-0.3, -0.25) is 14.7 Å². The molecule has 1 aromatic carbocycles. The van der Waals surface area contributed by atoms with Crippen molar-refractivity contribution in [3.63, 3.8) is 0 Å². The molecule has 0 saturated carbocycles. The lowest BCUT2D eigenvalue weighted by Crippen LogP contribution is -2.64. The fraction of sp³-hybridized carbons (Fsp3) is 0.500. The fourth-order valence-corrected chi connectivity index (χ4v) is 4.40. The van der Waals surface area contributed by atoms with Gasteiger partial charge in [0.25, 0.3) is 5.91 Å². The van der Waals surface area contributed by atoms with E-state index in [1.54, 1.807) is 12.3 Å². The quantitative estimate of drug-likeness (QED) is 0.846. The average Bonchev–Trinajstić information content (AvgIpc) is 2.66. The first-order chi connectivity index (χ1) is 12.5. The van der Waals surface area contributed by atoms with E-state index in [4.69, 9.17) is 0 Å². The summed E-state index contributed by atoms with van der Waals surface area (Å²) in [5.74, 6) is -0.111. The number of aromatic nitrogens is 1. The summed E-state index contributed by atoms with van der Waals surface area (Å²) in [6.07, 6.45) is 3.56. The number of phenols is 1. The van der Waals surface area contributed by atoms with Crippen LogP contribution in [0.25, 0.3) is 10.9 Å². The van der Waals surface area contributed by atoms with E-state index in [1.807, 2.05) is 23.1 Å². The van der Waals surface area contributed by atoms with Crippen LogP contribution in [0.15, 0.2) is 30.5 Å². The standard InChI is InChI=1S/C20H26N4O2/c1-22-12-13-23(2)20(14-22)7-10-24(11-8-20)19(26)16-6-5-15-4-3-9-21-17(15)18(16)25/h3-6,9,25H,7-8,10-14H2,1-2H3. The highest BCUT2D eigenvalue weighted by Crippen LogP contribution is 2.33. The summed E-state index contributed by atoms with van der Waals surface area (Å²) >= 11 is 0. The Balaban J connectivity index is 1.53. The monoisotopic (exact) mass is 354 g/mol. The predicted molar refractivity (Wildman–Crippen MR) is 101 cm³/mol. The third-order valence-corrected chi connectivity index (χ3v) is 6.15. The zero-order chi connectivity index (χ0) is 18.3. The Morgan fingerprint density at radius 1 is 1.12 bits per heavy atom. The number of piperazine rings is 1. The number of benzene rings is 1. The maximum Gasteiger partial charge on any atom is 0.257 e. The Labute approximate surface area is 154 Å². The Hall–Kier alpha value is -2.18. The Kier molecular flexibility index (Phi) is 4.32. The summed E-state index contributed by atoms with van der Waals surface area (Å²) in [5.41, 5.74) is 0.998. The number of carbonyl (C=O) groups excluding carboxylic acids is 1. The topological polar surface area (TPSA) is 59.9 Å². The van der Waals surface area contributed by atoms with Crippen LogP contribution in [0.1, 0.15) is 23.2 Å². The summed E-state index contributed by atoms with van der Waals surface area (Å²) < 4.78 is 0. The molecule has 1 spiro atoms. The zero-order valence-electron chi connectivity index (χ0n) is 15.5. The second kappa shape index (κ2) is 6.52. The molecule has 0 aliphatic carbocycles. The molecular weight excluding hydrogens is 328 g/mol. The normalized spacial score (nSPS) is 21.4. The van der Waals surface area contributed by atoms with Gasteiger partial charge in [-0.05, 0) is 39.1 Å². The van der Waals surface area contributed by atoms with Gasteiger partial charge in [0.1, 0.15) is 5.52 Å². The number of hydrogen-bond acceptors (Lipinski definition) is 5. The van der Waals surface area contributed by atoms with Crippen LogP contribution in [0.5, 0.6) is 5.75 Å². The van der Waals surface area contributed by atoms with E-state index < -0.39 is 0 Å². The molecule has 1 N–H and O–H groups in total. The second-order valence-corrected chi connectivity index (χ2v) is 7.71. The molecule has 1 aromatic heterocycles. The minimum atomic E-state index is -0.100. The van der Waals surface area contributed by atoms with Gasteiger partial charge in [0.05, 0.1) is 5.56 Å². The van der Waals surface area contributed by atoms with Gasteiger partial charge in [0.2, 0.25) is 0 Å². The van der Waals surface area contributed by atoms with E-state index in [-0.39, 0.29) is 17.2 Å². The molecule has 0 unspecified atom stereocenters. The van der Waals surface area contributed by atoms with Crippen LogP contribution in [-0.2, 0) is 0 Å². The van der Waals surface area contributed by atoms with Crippen LogP contribution < -0.4 is 0 Å². The van der Waals surface area contributed by atoms with Crippen LogP contribution in [0, 0.1) is 0 Å². The number of amides is 1. The van der Waals surface area contributed by atoms with Crippen molar-refractivity contribution in [1.29, 1.82) is 0 Å². The molecule has 2 saturated heterocycles. The SMILES string of the molecule is CN1CCN(C)C2(CCN(C(=O)c3ccc4cccnc4c3O)CC2)C1. The van der Waals surface area contributed by atoms with Crippen molar-refractivity contribution in [3.8, 4) is 5.75 Å². The number of carbonyl (C=O) groups is 1. The van der Waals surface area contributed by atoms with Gasteiger partial charge in [-0.2, -0.15) is 0 Å². The molecule has 0 radical (unpaired) electrons. The van der Waals surface area contributed by atoms with Gasteiger partial charge < -0.3 is 14.9 Å². The van der Waals surface area contributed by atoms with Gasteiger partial charge >= 0.3 is 0 Å². The summed E-state index contributed by atoms with van der Waals surface area (Å²) in [5, 5.41) is 11.4. The number of piperidine rings is 1. The van der Waals surface area contributed by atoms with Gasteiger partial charge in [-0.25, -0.2) is 0 Å². The molecule has 138 valence electrons. The Morgan fingerprint density at radius 2 is 1.88 bits per heavy atom. The second-order valence-electron chi connectivity index (χ2n) is 7.71. The van der Waals surface area contributed by atoms with E-state index in [9.17, 15) is 9.90 Å². The number of fused-ring (bicyclic) bond motifs is 1. The van der Waals surface area contributed by atoms with Crippen molar-refractivity contribution in [2.75, 3.05) is 46.8 Å². The van der Waals surface area contributed by atoms with E-state index >= 15 is 0 Å². The molecule has 6 nitrogen and oxygen atoms in total. The molecule has 3 heterocycles. The molecular formula is C20H26N4O2. The molecule has 2 fully saturated rings. The van der Waals surface area contributed by atoms with Gasteiger partial charge in [-0.1, -0.05) is 12.1 Å². The summed E-state index contributed by atoms with van der Waals surface area (Å²) in [6, 6.07) is 7.28. The van der Waals surface area contributed by atoms with Crippen LogP contribution in [0.4, 0.5) is 0 Å². The third kappa shape index (κ3) is 2.83. The molecule has 2 aliphatic rings. The number of rotatable bonds is 1. The van der Waals surface area contributed by atoms with E-state index in [0.29, 0.717) is 11.1 Å². The van der Waals surface area contributed by atoms with Gasteiger partial charge in [0.15, 0.2) is 5.75 Å². The van der Waals surface area contributed by atoms with Crippen LogP contribution in [0.2, 0.25) is 0 Å². The minimum Gasteiger partial charge on any atom is -0.505 e. The highest BCUT2D eigenvalue weighted by atomic mass is 16.3. The van der Waals surface area contributed by atoms with Crippen LogP contribution in [0.3, 0.4) is 0 Å². The summed E-state index contributed by atoms with van der Waals surface area (Å²) in [6.45, 7) is 4.66. The van der Waals surface area contributed by atoms with Crippen molar-refractivity contribution in [2.45, 2.75) is 18.4 Å². The lowest BCUT2D eigenvalue weighted by molar-refractivity contribution is -0.0157. The van der Waals surface area contributed by atoms with Crippen LogP contribution in [-0.4, -0.2) is 83.1 Å². The first-order valence-corrected chi connectivity index (χ1v) is 9.26. The number of nitrogens with zero attached hydrogens (tertiary/aromatic N) is 4. The largest absolute Gasteiger partial charge is 0.505 e. The van der Waals surface area contributed by atoms with Crippen molar-refractivity contribution in [2.24, 2.45) is 0 Å². The van der Waals surface area contributed by atoms with Gasteiger partial charge in [-0.15, -0.1) is 0 Å². The molecule has 0 atom stereocenters. The highest BCUT2D eigenvalue weighted by molar-refractivity contribution is 6.02. The lowest BCUT2D eigenvalue weighted by Gasteiger charge is -2.52. The molecule has 26 heavy (non-hydrogen) atoms. The average molecular weight is 354 g/mol. The van der Waals surface area contributed by atoms with E-state index in [0.717, 1.165) is 51.0 Å². The van der Waals surface area contributed by atoms with E-state index in [2.05, 4.69) is 28.9 Å². The molecule has 4 rings (SSSR count). The number of pyridine rings is 1. The molecule has 0 bridgehead atoms. The first-order valence-electron chi connectivity index (χ1n) is 9.26.